The third-order valence-corrected chi connectivity index (χ3v) is 2.31. The smallest absolute Gasteiger partial charge is 0.307 e. The third kappa shape index (κ3) is 4.43. The second kappa shape index (κ2) is 7.79. The lowest BCUT2D eigenvalue weighted by molar-refractivity contribution is -0.143. The van der Waals surface area contributed by atoms with Gasteiger partial charge in [0.15, 0.2) is 0 Å². The van der Waals surface area contributed by atoms with Gasteiger partial charge in [-0.2, -0.15) is 0 Å². The summed E-state index contributed by atoms with van der Waals surface area (Å²) >= 11 is 0. The van der Waals surface area contributed by atoms with E-state index in [2.05, 4.69) is 0 Å². The Morgan fingerprint density at radius 3 is 2.72 bits per heavy atom. The van der Waals surface area contributed by atoms with Crippen LogP contribution in [-0.4, -0.2) is 24.8 Å². The van der Waals surface area contributed by atoms with Gasteiger partial charge in [0.25, 0.3) is 0 Å². The van der Waals surface area contributed by atoms with Crippen LogP contribution < -0.4 is 10.5 Å². The average molecular weight is 276 g/mol. The van der Waals surface area contributed by atoms with Gasteiger partial charge in [-0.25, -0.2) is 0 Å². The molecule has 0 saturated carbocycles. The first-order chi connectivity index (χ1) is 8.08. The molecule has 1 atom stereocenters. The average Bonchev–Trinajstić information content (AvgIpc) is 2.28. The van der Waals surface area contributed by atoms with Crippen molar-refractivity contribution in [3.63, 3.8) is 0 Å². The van der Waals surface area contributed by atoms with E-state index in [1.165, 1.54) is 19.2 Å². The molecule has 0 saturated heterocycles. The highest BCUT2D eigenvalue weighted by molar-refractivity contribution is 5.85. The summed E-state index contributed by atoms with van der Waals surface area (Å²) in [5, 5.41) is 9.30. The van der Waals surface area contributed by atoms with Crippen molar-refractivity contribution in [2.75, 3.05) is 13.7 Å². The van der Waals surface area contributed by atoms with Crippen LogP contribution in [0.5, 0.6) is 11.5 Å². The molecule has 0 amide bonds. The summed E-state index contributed by atoms with van der Waals surface area (Å²) in [6.45, 7) is 2.07. The number of ether oxygens (including phenoxy) is 2. The molecule has 0 aliphatic rings. The summed E-state index contributed by atoms with van der Waals surface area (Å²) in [5.74, 6) is 0.200. The van der Waals surface area contributed by atoms with Gasteiger partial charge in [0.2, 0.25) is 0 Å². The third-order valence-electron chi connectivity index (χ3n) is 2.31. The van der Waals surface area contributed by atoms with E-state index in [-0.39, 0.29) is 30.5 Å². The standard InChI is InChI=1S/C12H17NO4.ClH/c1-3-17-12(15)7-10(13)9-5-4-8(14)6-11(9)16-2;/h4-6,10,14H,3,7,13H2,1-2H3;1H/t10-;/m1./s1. The fourth-order valence-electron chi connectivity index (χ4n) is 1.52. The first kappa shape index (κ1) is 16.5. The molecule has 18 heavy (non-hydrogen) atoms. The molecule has 0 heterocycles. The molecule has 1 rings (SSSR count). The largest absolute Gasteiger partial charge is 0.508 e. The number of phenols is 1. The van der Waals surface area contributed by atoms with Gasteiger partial charge in [0.05, 0.1) is 20.1 Å². The second-order valence-electron chi connectivity index (χ2n) is 3.54. The zero-order valence-corrected chi connectivity index (χ0v) is 11.2. The Kier molecular flexibility index (Phi) is 7.16. The number of esters is 1. The highest BCUT2D eigenvalue weighted by Crippen LogP contribution is 2.29. The van der Waals surface area contributed by atoms with E-state index in [0.29, 0.717) is 17.9 Å². The fourth-order valence-corrected chi connectivity index (χ4v) is 1.52. The quantitative estimate of drug-likeness (QED) is 0.801. The molecule has 0 aliphatic carbocycles. The minimum atomic E-state index is -0.510. The Morgan fingerprint density at radius 2 is 2.17 bits per heavy atom. The van der Waals surface area contributed by atoms with Crippen molar-refractivity contribution in [3.05, 3.63) is 23.8 Å². The minimum absolute atomic E-state index is 0. The molecule has 102 valence electrons. The molecule has 6 heteroatoms. The van der Waals surface area contributed by atoms with E-state index in [9.17, 15) is 9.90 Å². The fraction of sp³-hybridized carbons (Fsp3) is 0.417. The molecule has 0 aromatic heterocycles. The summed E-state index contributed by atoms with van der Waals surface area (Å²) in [7, 11) is 1.48. The van der Waals surface area contributed by atoms with Gasteiger partial charge in [0.1, 0.15) is 11.5 Å². The highest BCUT2D eigenvalue weighted by atomic mass is 35.5. The SMILES string of the molecule is CCOC(=O)C[C@@H](N)c1ccc(O)cc1OC.Cl. The van der Waals surface area contributed by atoms with Gasteiger partial charge in [-0.1, -0.05) is 6.07 Å². The minimum Gasteiger partial charge on any atom is -0.508 e. The van der Waals surface area contributed by atoms with Crippen LogP contribution in [0.4, 0.5) is 0 Å². The van der Waals surface area contributed by atoms with Crippen LogP contribution in [0.1, 0.15) is 24.9 Å². The molecule has 0 aliphatic heterocycles. The van der Waals surface area contributed by atoms with Crippen molar-refractivity contribution in [1.29, 1.82) is 0 Å². The summed E-state index contributed by atoms with van der Waals surface area (Å²) in [4.78, 5) is 11.3. The van der Waals surface area contributed by atoms with Crippen molar-refractivity contribution >= 4 is 18.4 Å². The number of rotatable bonds is 5. The predicted molar refractivity (Wildman–Crippen MR) is 70.1 cm³/mol. The van der Waals surface area contributed by atoms with Gasteiger partial charge in [-0.3, -0.25) is 4.79 Å². The molecule has 0 unspecified atom stereocenters. The summed E-state index contributed by atoms with van der Waals surface area (Å²) < 4.78 is 9.92. The lowest BCUT2D eigenvalue weighted by atomic mass is 10.0. The Bertz CT molecular complexity index is 398. The molecule has 0 bridgehead atoms. The molecular formula is C12H18ClNO4. The van der Waals surface area contributed by atoms with E-state index >= 15 is 0 Å². The van der Waals surface area contributed by atoms with Crippen molar-refractivity contribution in [2.45, 2.75) is 19.4 Å². The number of benzene rings is 1. The van der Waals surface area contributed by atoms with E-state index in [0.717, 1.165) is 0 Å². The number of hydrogen-bond donors (Lipinski definition) is 2. The molecule has 5 nitrogen and oxygen atoms in total. The van der Waals surface area contributed by atoms with Crippen molar-refractivity contribution < 1.29 is 19.4 Å². The zero-order chi connectivity index (χ0) is 12.8. The van der Waals surface area contributed by atoms with Crippen LogP contribution in [-0.2, 0) is 9.53 Å². The maximum atomic E-state index is 11.3. The Labute approximate surface area is 112 Å². The molecular weight excluding hydrogens is 258 g/mol. The molecule has 1 aromatic carbocycles. The lowest BCUT2D eigenvalue weighted by Crippen LogP contribution is -2.17. The number of aromatic hydroxyl groups is 1. The van der Waals surface area contributed by atoms with Gasteiger partial charge in [-0.05, 0) is 13.0 Å². The van der Waals surface area contributed by atoms with E-state index in [1.807, 2.05) is 0 Å². The number of nitrogens with two attached hydrogens (primary N) is 1. The Balaban J connectivity index is 0.00000289. The first-order valence-corrected chi connectivity index (χ1v) is 5.36. The van der Waals surface area contributed by atoms with Crippen molar-refractivity contribution in [3.8, 4) is 11.5 Å². The van der Waals surface area contributed by atoms with Crippen LogP contribution >= 0.6 is 12.4 Å². The number of phenolic OH excluding ortho intramolecular Hbond substituents is 1. The number of carbonyl (C=O) groups excluding carboxylic acids is 1. The van der Waals surface area contributed by atoms with E-state index < -0.39 is 6.04 Å². The van der Waals surface area contributed by atoms with Crippen LogP contribution in [0.15, 0.2) is 18.2 Å². The Hall–Kier alpha value is -1.46. The Morgan fingerprint density at radius 1 is 1.50 bits per heavy atom. The van der Waals surface area contributed by atoms with Crippen LogP contribution in [0.2, 0.25) is 0 Å². The predicted octanol–water partition coefficient (Wildman–Crippen LogP) is 1.78. The second-order valence-corrected chi connectivity index (χ2v) is 3.54. The van der Waals surface area contributed by atoms with Crippen LogP contribution in [0, 0.1) is 0 Å². The van der Waals surface area contributed by atoms with Gasteiger partial charge in [-0.15, -0.1) is 12.4 Å². The van der Waals surface area contributed by atoms with Crippen molar-refractivity contribution in [1.82, 2.24) is 0 Å². The molecule has 0 fully saturated rings. The lowest BCUT2D eigenvalue weighted by Gasteiger charge is -2.15. The number of hydrogen-bond acceptors (Lipinski definition) is 5. The number of carbonyl (C=O) groups is 1. The monoisotopic (exact) mass is 275 g/mol. The maximum Gasteiger partial charge on any atom is 0.307 e. The van der Waals surface area contributed by atoms with Gasteiger partial charge in [0, 0.05) is 17.7 Å². The normalized spacial score (nSPS) is 11.3. The molecule has 1 aromatic rings. The zero-order valence-electron chi connectivity index (χ0n) is 10.4. The summed E-state index contributed by atoms with van der Waals surface area (Å²) in [6.07, 6.45) is 0.0783. The molecule has 0 spiro atoms. The topological polar surface area (TPSA) is 81.8 Å². The maximum absolute atomic E-state index is 11.3. The van der Waals surface area contributed by atoms with Gasteiger partial charge < -0.3 is 20.3 Å². The summed E-state index contributed by atoms with van der Waals surface area (Å²) in [6, 6.07) is 4.09. The van der Waals surface area contributed by atoms with E-state index in [1.54, 1.807) is 13.0 Å². The van der Waals surface area contributed by atoms with E-state index in [4.69, 9.17) is 15.2 Å². The van der Waals surface area contributed by atoms with Gasteiger partial charge >= 0.3 is 5.97 Å². The number of methoxy groups -OCH3 is 1. The highest BCUT2D eigenvalue weighted by Gasteiger charge is 2.16. The van der Waals surface area contributed by atoms with Crippen LogP contribution in [0.3, 0.4) is 0 Å². The first-order valence-electron chi connectivity index (χ1n) is 5.36. The molecule has 3 N–H and O–H groups in total. The van der Waals surface area contributed by atoms with Crippen molar-refractivity contribution in [2.24, 2.45) is 5.73 Å². The number of halogens is 1. The van der Waals surface area contributed by atoms with Crippen LogP contribution in [0.25, 0.3) is 0 Å². The molecule has 0 radical (unpaired) electrons. The summed E-state index contributed by atoms with van der Waals surface area (Å²) in [5.41, 5.74) is 6.56.